The number of carboxylic acid groups (broad SMARTS) is 2. The molecule has 0 saturated heterocycles. The van der Waals surface area contributed by atoms with Gasteiger partial charge in [-0.25, -0.2) is 4.98 Å². The fourth-order valence-electron chi connectivity index (χ4n) is 3.15. The van der Waals surface area contributed by atoms with E-state index in [1.807, 2.05) is 18.2 Å². The molecule has 30 heavy (non-hydrogen) atoms. The van der Waals surface area contributed by atoms with E-state index in [4.69, 9.17) is 19.8 Å². The van der Waals surface area contributed by atoms with Gasteiger partial charge in [-0.2, -0.15) is 0 Å². The first-order valence-corrected chi connectivity index (χ1v) is 8.76. The third-order valence-corrected chi connectivity index (χ3v) is 4.35. The minimum atomic E-state index is -0.250. The Morgan fingerprint density at radius 1 is 1.07 bits per heavy atom. The van der Waals surface area contributed by atoms with Crippen LogP contribution in [0.3, 0.4) is 0 Å². The van der Waals surface area contributed by atoms with Gasteiger partial charge in [0.15, 0.2) is 0 Å². The van der Waals surface area contributed by atoms with E-state index >= 15 is 0 Å². The molecule has 10 nitrogen and oxygen atoms in total. The Morgan fingerprint density at radius 3 is 2.33 bits per heavy atom. The molecule has 4 N–H and O–H groups in total. The number of hydrogen-bond acceptors (Lipinski definition) is 5. The van der Waals surface area contributed by atoms with Crippen LogP contribution in [0.2, 0.25) is 0 Å². The summed E-state index contributed by atoms with van der Waals surface area (Å²) in [7, 11) is 0. The van der Waals surface area contributed by atoms with Crippen LogP contribution in [0.15, 0.2) is 59.8 Å². The van der Waals surface area contributed by atoms with E-state index in [9.17, 15) is 9.59 Å². The SMILES string of the molecule is O=C(c1ccc(=O)[nH]c1)N1Cc2[nH]cnc2C(c2ccccc2)C1.O=CO.O=CO. The summed E-state index contributed by atoms with van der Waals surface area (Å²) in [6.45, 7) is 0.538. The highest BCUT2D eigenvalue weighted by molar-refractivity contribution is 5.94. The summed E-state index contributed by atoms with van der Waals surface area (Å²) in [6.07, 6.45) is 3.14. The van der Waals surface area contributed by atoms with Crippen LogP contribution in [0.25, 0.3) is 0 Å². The molecule has 4 rings (SSSR count). The smallest absolute Gasteiger partial charge is 0.290 e. The number of nitrogens with zero attached hydrogens (tertiary/aromatic N) is 2. The van der Waals surface area contributed by atoms with Crippen molar-refractivity contribution < 1.29 is 24.6 Å². The lowest BCUT2D eigenvalue weighted by Gasteiger charge is -2.32. The Labute approximate surface area is 170 Å². The molecule has 1 aliphatic heterocycles. The Balaban J connectivity index is 0.000000480. The maximum absolute atomic E-state index is 12.8. The Bertz CT molecular complexity index is 1000. The Kier molecular flexibility index (Phi) is 8.06. The van der Waals surface area contributed by atoms with E-state index in [0.717, 1.165) is 17.0 Å². The van der Waals surface area contributed by atoms with Gasteiger partial charge in [-0.3, -0.25) is 19.2 Å². The van der Waals surface area contributed by atoms with E-state index in [0.29, 0.717) is 18.7 Å². The van der Waals surface area contributed by atoms with Gasteiger partial charge in [-0.1, -0.05) is 30.3 Å². The third kappa shape index (κ3) is 5.41. The van der Waals surface area contributed by atoms with Gasteiger partial charge in [0.1, 0.15) is 0 Å². The molecule has 0 saturated carbocycles. The van der Waals surface area contributed by atoms with Gasteiger partial charge in [-0.05, 0) is 11.6 Å². The number of imidazole rings is 1. The molecule has 0 aliphatic carbocycles. The number of hydrogen-bond donors (Lipinski definition) is 4. The Morgan fingerprint density at radius 2 is 1.73 bits per heavy atom. The molecule has 0 bridgehead atoms. The normalized spacial score (nSPS) is 14.1. The van der Waals surface area contributed by atoms with E-state index in [2.05, 4.69) is 27.1 Å². The zero-order valence-corrected chi connectivity index (χ0v) is 15.8. The van der Waals surface area contributed by atoms with Crippen LogP contribution in [-0.4, -0.2) is 55.5 Å². The van der Waals surface area contributed by atoms with Crippen molar-refractivity contribution in [1.82, 2.24) is 19.9 Å². The van der Waals surface area contributed by atoms with Crippen molar-refractivity contribution in [1.29, 1.82) is 0 Å². The van der Waals surface area contributed by atoms with Gasteiger partial charge in [0.2, 0.25) is 5.56 Å². The van der Waals surface area contributed by atoms with E-state index < -0.39 is 0 Å². The molecule has 1 atom stereocenters. The number of pyridine rings is 1. The predicted octanol–water partition coefficient (Wildman–Crippen LogP) is 1.29. The third-order valence-electron chi connectivity index (χ3n) is 4.35. The first-order valence-electron chi connectivity index (χ1n) is 8.76. The number of aromatic amines is 2. The lowest BCUT2D eigenvalue weighted by molar-refractivity contribution is -0.123. The molecule has 3 aromatic rings. The number of aromatic nitrogens is 3. The molecule has 1 aromatic carbocycles. The first kappa shape index (κ1) is 22.1. The van der Waals surface area contributed by atoms with Crippen molar-refractivity contribution in [2.45, 2.75) is 12.5 Å². The molecule has 10 heteroatoms. The van der Waals surface area contributed by atoms with Gasteiger partial charge in [0.25, 0.3) is 18.9 Å². The zero-order valence-electron chi connectivity index (χ0n) is 15.8. The lowest BCUT2D eigenvalue weighted by atomic mass is 9.90. The van der Waals surface area contributed by atoms with Crippen LogP contribution in [0.4, 0.5) is 0 Å². The van der Waals surface area contributed by atoms with E-state index in [1.165, 1.54) is 12.3 Å². The molecular weight excluding hydrogens is 392 g/mol. The second-order valence-electron chi connectivity index (χ2n) is 6.07. The largest absolute Gasteiger partial charge is 0.483 e. The number of carbonyl (C=O) groups is 3. The quantitative estimate of drug-likeness (QED) is 0.462. The van der Waals surface area contributed by atoms with Crippen molar-refractivity contribution >= 4 is 18.9 Å². The van der Waals surface area contributed by atoms with Crippen LogP contribution in [-0.2, 0) is 16.1 Å². The molecule has 1 unspecified atom stereocenters. The van der Waals surface area contributed by atoms with Crippen molar-refractivity contribution in [3.05, 3.63) is 87.9 Å². The van der Waals surface area contributed by atoms with Gasteiger partial charge >= 0.3 is 0 Å². The predicted molar refractivity (Wildman–Crippen MR) is 106 cm³/mol. The van der Waals surface area contributed by atoms with Gasteiger partial charge in [0.05, 0.1) is 29.8 Å². The summed E-state index contributed by atoms with van der Waals surface area (Å²) in [6, 6.07) is 13.0. The minimum Gasteiger partial charge on any atom is -0.483 e. The monoisotopic (exact) mass is 412 g/mol. The Hall–Kier alpha value is -4.21. The average molecular weight is 412 g/mol. The average Bonchev–Trinajstić information content (AvgIpc) is 3.24. The number of benzene rings is 1. The first-order chi connectivity index (χ1) is 14.5. The molecule has 156 valence electrons. The molecular formula is C20H20N4O6. The standard InChI is InChI=1S/C18H16N4O2.2CH2O2/c23-16-7-6-13(8-19-16)18(24)22-9-14(12-4-2-1-3-5-12)17-15(10-22)20-11-21-17;2*2-1-3/h1-8,11,14H,9-10H2,(H,19,23)(H,20,21);2*1H,(H,2,3). The fraction of sp³-hybridized carbons (Fsp3) is 0.150. The van der Waals surface area contributed by atoms with Crippen molar-refractivity contribution in [3.8, 4) is 0 Å². The molecule has 1 aliphatic rings. The lowest BCUT2D eigenvalue weighted by Crippen LogP contribution is -2.39. The van der Waals surface area contributed by atoms with Crippen LogP contribution in [0.5, 0.6) is 0 Å². The molecule has 0 radical (unpaired) electrons. The maximum Gasteiger partial charge on any atom is 0.290 e. The molecule has 3 heterocycles. The van der Waals surface area contributed by atoms with E-state index in [1.54, 1.807) is 17.3 Å². The van der Waals surface area contributed by atoms with Crippen LogP contribution < -0.4 is 5.56 Å². The number of H-pyrrole nitrogens is 2. The summed E-state index contributed by atoms with van der Waals surface area (Å²) < 4.78 is 0. The molecule has 0 spiro atoms. The summed E-state index contributed by atoms with van der Waals surface area (Å²) in [5, 5.41) is 13.8. The molecule has 2 aromatic heterocycles. The second-order valence-corrected chi connectivity index (χ2v) is 6.07. The summed E-state index contributed by atoms with van der Waals surface area (Å²) >= 11 is 0. The van der Waals surface area contributed by atoms with Crippen molar-refractivity contribution in [2.24, 2.45) is 0 Å². The van der Waals surface area contributed by atoms with Crippen LogP contribution in [0, 0.1) is 0 Å². The highest BCUT2D eigenvalue weighted by Gasteiger charge is 2.31. The van der Waals surface area contributed by atoms with Gasteiger partial charge < -0.3 is 25.1 Å². The highest BCUT2D eigenvalue weighted by atomic mass is 16.3. The van der Waals surface area contributed by atoms with Crippen LogP contribution in [0.1, 0.15) is 33.2 Å². The van der Waals surface area contributed by atoms with Crippen LogP contribution >= 0.6 is 0 Å². The number of amides is 1. The molecule has 0 fully saturated rings. The molecule has 1 amide bonds. The van der Waals surface area contributed by atoms with Gasteiger partial charge in [0, 0.05) is 24.7 Å². The number of nitrogens with one attached hydrogen (secondary N) is 2. The zero-order chi connectivity index (χ0) is 21.9. The maximum atomic E-state index is 12.8. The van der Waals surface area contributed by atoms with E-state index in [-0.39, 0.29) is 30.3 Å². The number of fused-ring (bicyclic) bond motifs is 1. The van der Waals surface area contributed by atoms with Crippen molar-refractivity contribution in [3.63, 3.8) is 0 Å². The summed E-state index contributed by atoms with van der Waals surface area (Å²) in [4.78, 5) is 52.6. The minimum absolute atomic E-state index is 0.0351. The summed E-state index contributed by atoms with van der Waals surface area (Å²) in [5.74, 6) is -0.0691. The van der Waals surface area contributed by atoms with Crippen molar-refractivity contribution in [2.75, 3.05) is 6.54 Å². The number of rotatable bonds is 2. The number of carbonyl (C=O) groups excluding carboxylic acids is 1. The van der Waals surface area contributed by atoms with Gasteiger partial charge in [-0.15, -0.1) is 0 Å². The topological polar surface area (TPSA) is 156 Å². The summed E-state index contributed by atoms with van der Waals surface area (Å²) in [5.41, 5.74) is 3.33. The fourth-order valence-corrected chi connectivity index (χ4v) is 3.15. The highest BCUT2D eigenvalue weighted by Crippen LogP contribution is 2.31. The second kappa shape index (κ2) is 11.0.